The minimum atomic E-state index is 0.137. The highest BCUT2D eigenvalue weighted by atomic mass is 16.1. The third-order valence-electron chi connectivity index (χ3n) is 3.52. The van der Waals surface area contributed by atoms with Crippen LogP contribution in [0.3, 0.4) is 0 Å². The molecule has 1 unspecified atom stereocenters. The highest BCUT2D eigenvalue weighted by Gasteiger charge is 2.40. The normalized spacial score (nSPS) is 32.2. The summed E-state index contributed by atoms with van der Waals surface area (Å²) >= 11 is 0. The summed E-state index contributed by atoms with van der Waals surface area (Å²) in [5, 5.41) is 6.71. The van der Waals surface area contributed by atoms with Crippen LogP contribution >= 0.6 is 0 Å². The second-order valence-electron chi connectivity index (χ2n) is 4.50. The van der Waals surface area contributed by atoms with Crippen LogP contribution in [0.4, 0.5) is 0 Å². The van der Waals surface area contributed by atoms with Gasteiger partial charge in [-0.25, -0.2) is 0 Å². The second kappa shape index (κ2) is 3.39. The van der Waals surface area contributed by atoms with Gasteiger partial charge in [0.2, 0.25) is 0 Å². The lowest BCUT2D eigenvalue weighted by molar-refractivity contribution is -0.118. The Labute approximate surface area is 79.3 Å². The SMILES string of the molecule is CC(=O)C1CC2(CCNCC2)CN1. The first-order valence-electron chi connectivity index (χ1n) is 5.16. The molecule has 0 aromatic heterocycles. The van der Waals surface area contributed by atoms with Gasteiger partial charge in [0.25, 0.3) is 0 Å². The fourth-order valence-corrected chi connectivity index (χ4v) is 2.54. The number of rotatable bonds is 1. The number of ketones is 1. The van der Waals surface area contributed by atoms with Crippen molar-refractivity contribution >= 4 is 5.78 Å². The molecule has 0 radical (unpaired) electrons. The molecule has 3 nitrogen and oxygen atoms in total. The molecule has 74 valence electrons. The molecule has 2 heterocycles. The van der Waals surface area contributed by atoms with Gasteiger partial charge in [-0.1, -0.05) is 0 Å². The van der Waals surface area contributed by atoms with Crippen molar-refractivity contribution in [2.45, 2.75) is 32.2 Å². The average Bonchev–Trinajstić information content (AvgIpc) is 2.51. The fourth-order valence-electron chi connectivity index (χ4n) is 2.54. The van der Waals surface area contributed by atoms with E-state index in [0.717, 1.165) is 26.1 Å². The molecule has 1 atom stereocenters. The highest BCUT2D eigenvalue weighted by molar-refractivity contribution is 5.81. The smallest absolute Gasteiger partial charge is 0.146 e. The molecule has 0 aliphatic carbocycles. The Kier molecular flexibility index (Phi) is 2.39. The van der Waals surface area contributed by atoms with E-state index in [1.807, 2.05) is 0 Å². The van der Waals surface area contributed by atoms with Crippen molar-refractivity contribution in [3.8, 4) is 0 Å². The largest absolute Gasteiger partial charge is 0.317 e. The number of hydrogen-bond donors (Lipinski definition) is 2. The number of nitrogens with one attached hydrogen (secondary N) is 2. The molecule has 0 amide bonds. The van der Waals surface area contributed by atoms with Crippen LogP contribution in [0.15, 0.2) is 0 Å². The number of carbonyl (C=O) groups is 1. The third kappa shape index (κ3) is 1.76. The average molecular weight is 182 g/mol. The Morgan fingerprint density at radius 3 is 2.62 bits per heavy atom. The summed E-state index contributed by atoms with van der Waals surface area (Å²) in [5.74, 6) is 0.301. The predicted molar refractivity (Wildman–Crippen MR) is 51.6 cm³/mol. The maximum absolute atomic E-state index is 11.2. The standard InChI is InChI=1S/C10H18N2O/c1-8(13)9-6-10(7-12-9)2-4-11-5-3-10/h9,11-12H,2-7H2,1H3. The van der Waals surface area contributed by atoms with Crippen molar-refractivity contribution in [1.82, 2.24) is 10.6 Å². The summed E-state index contributed by atoms with van der Waals surface area (Å²) in [6, 6.07) is 0.137. The number of hydrogen-bond acceptors (Lipinski definition) is 3. The molecule has 13 heavy (non-hydrogen) atoms. The van der Waals surface area contributed by atoms with Gasteiger partial charge in [0.05, 0.1) is 6.04 Å². The first-order chi connectivity index (χ1) is 6.22. The summed E-state index contributed by atoms with van der Waals surface area (Å²) in [4.78, 5) is 11.2. The Hall–Kier alpha value is -0.410. The monoisotopic (exact) mass is 182 g/mol. The molecule has 2 aliphatic heterocycles. The van der Waals surface area contributed by atoms with Crippen LogP contribution in [0, 0.1) is 5.41 Å². The molecular weight excluding hydrogens is 164 g/mol. The first-order valence-corrected chi connectivity index (χ1v) is 5.16. The maximum atomic E-state index is 11.2. The molecule has 0 aromatic carbocycles. The second-order valence-corrected chi connectivity index (χ2v) is 4.50. The summed E-state index contributed by atoms with van der Waals surface area (Å²) in [6.07, 6.45) is 3.51. The van der Waals surface area contributed by atoms with Crippen LogP contribution in [0.1, 0.15) is 26.2 Å². The summed E-state index contributed by atoms with van der Waals surface area (Å²) in [7, 11) is 0. The zero-order chi connectivity index (χ0) is 9.31. The zero-order valence-corrected chi connectivity index (χ0v) is 8.23. The minimum absolute atomic E-state index is 0.137. The van der Waals surface area contributed by atoms with Gasteiger partial charge in [0, 0.05) is 6.54 Å². The van der Waals surface area contributed by atoms with Gasteiger partial charge in [0.1, 0.15) is 5.78 Å². The van der Waals surface area contributed by atoms with Crippen LogP contribution in [-0.4, -0.2) is 31.5 Å². The molecule has 3 heteroatoms. The molecule has 1 spiro atoms. The molecule has 0 saturated carbocycles. The fraction of sp³-hybridized carbons (Fsp3) is 0.900. The third-order valence-corrected chi connectivity index (χ3v) is 3.52. The number of piperidine rings is 1. The quantitative estimate of drug-likeness (QED) is 0.613. The lowest BCUT2D eigenvalue weighted by atomic mass is 9.77. The van der Waals surface area contributed by atoms with Crippen LogP contribution in [0.5, 0.6) is 0 Å². The van der Waals surface area contributed by atoms with Crippen LogP contribution in [-0.2, 0) is 4.79 Å². The Morgan fingerprint density at radius 1 is 1.38 bits per heavy atom. The van der Waals surface area contributed by atoms with E-state index in [4.69, 9.17) is 0 Å². The molecule has 0 aromatic rings. The van der Waals surface area contributed by atoms with Crippen molar-refractivity contribution in [3.05, 3.63) is 0 Å². The lowest BCUT2D eigenvalue weighted by Gasteiger charge is -2.33. The molecule has 2 N–H and O–H groups in total. The first kappa shape index (κ1) is 9.16. The van der Waals surface area contributed by atoms with Crippen molar-refractivity contribution in [2.75, 3.05) is 19.6 Å². The van der Waals surface area contributed by atoms with Gasteiger partial charge in [-0.2, -0.15) is 0 Å². The van der Waals surface area contributed by atoms with Crippen molar-refractivity contribution in [3.63, 3.8) is 0 Å². The predicted octanol–water partition coefficient (Wildman–Crippen LogP) is 0.307. The number of Topliss-reactive ketones (excluding diaryl/α,β-unsaturated/α-hetero) is 1. The van der Waals surface area contributed by atoms with E-state index in [1.54, 1.807) is 6.92 Å². The van der Waals surface area contributed by atoms with E-state index < -0.39 is 0 Å². The molecule has 2 rings (SSSR count). The van der Waals surface area contributed by atoms with Crippen molar-refractivity contribution in [2.24, 2.45) is 5.41 Å². The highest BCUT2D eigenvalue weighted by Crippen LogP contribution is 2.37. The Balaban J connectivity index is 1.98. The molecule has 0 bridgehead atoms. The summed E-state index contributed by atoms with van der Waals surface area (Å²) in [6.45, 7) is 4.97. The van der Waals surface area contributed by atoms with E-state index in [9.17, 15) is 4.79 Å². The topological polar surface area (TPSA) is 41.1 Å². The Morgan fingerprint density at radius 2 is 2.08 bits per heavy atom. The van der Waals surface area contributed by atoms with E-state index in [-0.39, 0.29) is 6.04 Å². The molecule has 2 saturated heterocycles. The maximum Gasteiger partial charge on any atom is 0.146 e. The van der Waals surface area contributed by atoms with Gasteiger partial charge in [-0.3, -0.25) is 4.79 Å². The van der Waals surface area contributed by atoms with Gasteiger partial charge >= 0.3 is 0 Å². The molecule has 2 fully saturated rings. The van der Waals surface area contributed by atoms with Crippen molar-refractivity contribution < 1.29 is 4.79 Å². The molecular formula is C10H18N2O. The van der Waals surface area contributed by atoms with Gasteiger partial charge in [-0.15, -0.1) is 0 Å². The minimum Gasteiger partial charge on any atom is -0.317 e. The zero-order valence-electron chi connectivity index (χ0n) is 8.23. The van der Waals surface area contributed by atoms with Crippen LogP contribution in [0.25, 0.3) is 0 Å². The van der Waals surface area contributed by atoms with E-state index in [0.29, 0.717) is 11.2 Å². The van der Waals surface area contributed by atoms with E-state index in [1.165, 1.54) is 12.8 Å². The summed E-state index contributed by atoms with van der Waals surface area (Å²) < 4.78 is 0. The lowest BCUT2D eigenvalue weighted by Crippen LogP contribution is -2.37. The van der Waals surface area contributed by atoms with Crippen LogP contribution < -0.4 is 10.6 Å². The van der Waals surface area contributed by atoms with E-state index in [2.05, 4.69) is 10.6 Å². The van der Waals surface area contributed by atoms with Crippen molar-refractivity contribution in [1.29, 1.82) is 0 Å². The molecule has 2 aliphatic rings. The van der Waals surface area contributed by atoms with Gasteiger partial charge in [-0.05, 0) is 44.7 Å². The van der Waals surface area contributed by atoms with Gasteiger partial charge < -0.3 is 10.6 Å². The summed E-state index contributed by atoms with van der Waals surface area (Å²) in [5.41, 5.74) is 0.432. The number of carbonyl (C=O) groups excluding carboxylic acids is 1. The van der Waals surface area contributed by atoms with E-state index >= 15 is 0 Å². The van der Waals surface area contributed by atoms with Gasteiger partial charge in [0.15, 0.2) is 0 Å². The van der Waals surface area contributed by atoms with Crippen LogP contribution in [0.2, 0.25) is 0 Å². The Bertz CT molecular complexity index is 209.